The smallest absolute Gasteiger partial charge is 0.154 e. The van der Waals surface area contributed by atoms with Gasteiger partial charge in [0.15, 0.2) is 5.16 Å². The minimum Gasteiger partial charge on any atom is -0.550 e. The predicted molar refractivity (Wildman–Crippen MR) is 161 cm³/mol. The zero-order valence-corrected chi connectivity index (χ0v) is 24.4. The molecular weight excluding hydrogens is 471 g/mol. The molecule has 0 amide bonds. The second-order valence-corrected chi connectivity index (χ2v) is 14.2. The molecule has 0 fully saturated rings. The first-order chi connectivity index (χ1) is 18.0. The van der Waals surface area contributed by atoms with Crippen LogP contribution in [0.2, 0.25) is 0 Å². The van der Waals surface area contributed by atoms with E-state index in [-0.39, 0.29) is 11.6 Å². The van der Waals surface area contributed by atoms with Crippen LogP contribution in [0, 0.1) is 0 Å². The van der Waals surface area contributed by atoms with Gasteiger partial charge in [0.25, 0.3) is 0 Å². The second-order valence-electron chi connectivity index (χ2n) is 9.91. The van der Waals surface area contributed by atoms with Crippen LogP contribution in [0.3, 0.4) is 0 Å². The van der Waals surface area contributed by atoms with E-state index in [0.717, 1.165) is 0 Å². The molecule has 0 saturated carbocycles. The average Bonchev–Trinajstić information content (AvgIpc) is 2.96. The van der Waals surface area contributed by atoms with Crippen molar-refractivity contribution in [3.8, 4) is 0 Å². The molecule has 0 N–H and O–H groups in total. The molecule has 0 aliphatic carbocycles. The third kappa shape index (κ3) is 7.78. The van der Waals surface area contributed by atoms with Crippen molar-refractivity contribution in [2.45, 2.75) is 77.8 Å². The van der Waals surface area contributed by atoms with E-state index in [2.05, 4.69) is 112 Å². The monoisotopic (exact) mass is 518 g/mol. The molecule has 0 bridgehead atoms. The molecule has 3 rings (SSSR count). The van der Waals surface area contributed by atoms with Gasteiger partial charge in [0.2, 0.25) is 0 Å². The Balaban J connectivity index is 0.000000877. The highest BCUT2D eigenvalue weighted by Gasteiger charge is 2.59. The first-order valence-corrected chi connectivity index (χ1v) is 16.6. The molecule has 0 aromatic heterocycles. The Morgan fingerprint density at radius 1 is 0.595 bits per heavy atom. The lowest BCUT2D eigenvalue weighted by molar-refractivity contribution is -0.305. The molecule has 37 heavy (non-hydrogen) atoms. The Labute approximate surface area is 226 Å². The molecule has 200 valence electrons. The highest BCUT2D eigenvalue weighted by molar-refractivity contribution is 7.77. The molecule has 3 aromatic rings. The van der Waals surface area contributed by atoms with E-state index in [4.69, 9.17) is 0 Å². The van der Waals surface area contributed by atoms with Crippen molar-refractivity contribution in [3.63, 3.8) is 0 Å². The molecule has 0 aliphatic heterocycles. The summed E-state index contributed by atoms with van der Waals surface area (Å²) in [4.78, 5) is 9.26. The Bertz CT molecular complexity index is 883. The third-order valence-corrected chi connectivity index (χ3v) is 13.1. The first kappa shape index (κ1) is 30.8. The maximum absolute atomic E-state index is 9.26. The lowest BCUT2D eigenvalue weighted by Crippen LogP contribution is -2.37. The zero-order chi connectivity index (χ0) is 27.0. The standard InChI is InChI=1S/C31H42P.C3H6O2/c1-4-7-25-32(26-8-5-2,27-9-6-3)31(28-19-13-10-14-20-28,29-21-15-11-16-22-29)30-23-17-12-18-24-30;1-2-3(4)5/h10-24H,4-9,25-27H2,1-3H3;2H2,1H3,(H,4,5)/q+1;/p-1. The van der Waals surface area contributed by atoms with Gasteiger partial charge in [-0.3, -0.25) is 0 Å². The normalized spacial score (nSPS) is 11.5. The summed E-state index contributed by atoms with van der Waals surface area (Å²) in [7, 11) is -1.45. The molecule has 0 heterocycles. The second kappa shape index (κ2) is 16.4. The minimum absolute atomic E-state index is 0.0453. The summed E-state index contributed by atoms with van der Waals surface area (Å²) in [6.45, 7) is 8.63. The molecule has 2 nitrogen and oxygen atoms in total. The topological polar surface area (TPSA) is 40.1 Å². The van der Waals surface area contributed by atoms with Crippen LogP contribution < -0.4 is 5.11 Å². The van der Waals surface area contributed by atoms with Crippen LogP contribution in [0.5, 0.6) is 0 Å². The molecule has 3 heteroatoms. The van der Waals surface area contributed by atoms with Crippen LogP contribution in [0.25, 0.3) is 0 Å². The molecular formula is C34H47O2P. The molecule has 0 atom stereocenters. The molecule has 0 aliphatic rings. The molecule has 0 radical (unpaired) electrons. The highest BCUT2D eigenvalue weighted by atomic mass is 31.2. The van der Waals surface area contributed by atoms with Gasteiger partial charge in [-0.05, 0) is 25.7 Å². The van der Waals surface area contributed by atoms with Crippen molar-refractivity contribution in [2.24, 2.45) is 0 Å². The van der Waals surface area contributed by atoms with Crippen LogP contribution in [0.1, 0.15) is 89.3 Å². The Morgan fingerprint density at radius 3 is 1.08 bits per heavy atom. The van der Waals surface area contributed by atoms with Crippen LogP contribution in [-0.2, 0) is 9.95 Å². The molecule has 0 spiro atoms. The van der Waals surface area contributed by atoms with Gasteiger partial charge < -0.3 is 9.90 Å². The lowest BCUT2D eigenvalue weighted by Gasteiger charge is -2.47. The van der Waals surface area contributed by atoms with E-state index in [0.29, 0.717) is 0 Å². The van der Waals surface area contributed by atoms with E-state index in [1.54, 1.807) is 0 Å². The van der Waals surface area contributed by atoms with Gasteiger partial charge in [0.1, 0.15) is 0 Å². The molecule has 0 saturated heterocycles. The fraction of sp³-hybridized carbons (Fsp3) is 0.441. The number of benzene rings is 3. The van der Waals surface area contributed by atoms with Crippen LogP contribution in [0.15, 0.2) is 91.0 Å². The van der Waals surface area contributed by atoms with E-state index in [9.17, 15) is 9.90 Å². The summed E-state index contributed by atoms with van der Waals surface area (Å²) in [6.07, 6.45) is 12.0. The number of carbonyl (C=O) groups excluding carboxylic acids is 1. The number of carboxylic acids is 1. The molecule has 3 aromatic carbocycles. The summed E-state index contributed by atoms with van der Waals surface area (Å²) in [5.41, 5.74) is 4.48. The predicted octanol–water partition coefficient (Wildman–Crippen LogP) is 8.54. The van der Waals surface area contributed by atoms with Crippen molar-refractivity contribution >= 4 is 13.2 Å². The SMILES string of the molecule is CCC(=O)[O-].CCCC[P+](CCCC)(CCCC)C(c1ccccc1)(c1ccccc1)c1ccccc1. The largest absolute Gasteiger partial charge is 0.550 e. The molecule has 0 unspecified atom stereocenters. The minimum atomic E-state index is -1.45. The fourth-order valence-corrected chi connectivity index (χ4v) is 12.1. The number of hydrogen-bond donors (Lipinski definition) is 0. The van der Waals surface area contributed by atoms with Gasteiger partial charge in [0.05, 0.1) is 18.5 Å². The number of unbranched alkanes of at least 4 members (excludes halogenated alkanes) is 3. The zero-order valence-electron chi connectivity index (χ0n) is 23.5. The average molecular weight is 519 g/mol. The van der Waals surface area contributed by atoms with Gasteiger partial charge in [-0.1, -0.05) is 138 Å². The van der Waals surface area contributed by atoms with Gasteiger partial charge in [-0.15, -0.1) is 0 Å². The van der Waals surface area contributed by atoms with Crippen molar-refractivity contribution in [3.05, 3.63) is 108 Å². The Hall–Kier alpha value is -2.44. The fourth-order valence-electron chi connectivity index (χ4n) is 5.58. The highest BCUT2D eigenvalue weighted by Crippen LogP contribution is 2.78. The van der Waals surface area contributed by atoms with E-state index >= 15 is 0 Å². The lowest BCUT2D eigenvalue weighted by atomic mass is 9.84. The number of carboxylic acid groups (broad SMARTS) is 1. The number of rotatable bonds is 14. The first-order valence-electron chi connectivity index (χ1n) is 14.2. The summed E-state index contributed by atoms with van der Waals surface area (Å²) in [6, 6.07) is 34.5. The Kier molecular flexibility index (Phi) is 13.7. The van der Waals surface area contributed by atoms with Crippen LogP contribution in [0.4, 0.5) is 0 Å². The van der Waals surface area contributed by atoms with Gasteiger partial charge >= 0.3 is 0 Å². The van der Waals surface area contributed by atoms with Crippen molar-refractivity contribution in [1.82, 2.24) is 0 Å². The number of carbonyl (C=O) groups is 1. The van der Waals surface area contributed by atoms with Gasteiger partial charge in [-0.25, -0.2) is 0 Å². The summed E-state index contributed by atoms with van der Waals surface area (Å²) < 4.78 is 0. The van der Waals surface area contributed by atoms with Gasteiger partial charge in [-0.2, -0.15) is 0 Å². The van der Waals surface area contributed by atoms with E-state index < -0.39 is 13.2 Å². The maximum atomic E-state index is 9.26. The van der Waals surface area contributed by atoms with Crippen LogP contribution >= 0.6 is 7.26 Å². The van der Waals surface area contributed by atoms with Crippen molar-refractivity contribution in [1.29, 1.82) is 0 Å². The quantitative estimate of drug-likeness (QED) is 0.158. The third-order valence-electron chi connectivity index (χ3n) is 7.39. The van der Waals surface area contributed by atoms with Crippen molar-refractivity contribution in [2.75, 3.05) is 18.5 Å². The van der Waals surface area contributed by atoms with Gasteiger partial charge in [0, 0.05) is 29.9 Å². The van der Waals surface area contributed by atoms with Crippen LogP contribution in [-0.4, -0.2) is 24.5 Å². The Morgan fingerprint density at radius 2 is 0.865 bits per heavy atom. The maximum Gasteiger partial charge on any atom is 0.154 e. The van der Waals surface area contributed by atoms with E-state index in [1.807, 2.05) is 0 Å². The van der Waals surface area contributed by atoms with E-state index in [1.165, 1.54) is 80.6 Å². The number of aliphatic carboxylic acids is 1. The number of hydrogen-bond acceptors (Lipinski definition) is 2. The van der Waals surface area contributed by atoms with Crippen molar-refractivity contribution < 1.29 is 9.90 Å². The summed E-state index contributed by atoms with van der Waals surface area (Å²) in [5.74, 6) is -0.995. The summed E-state index contributed by atoms with van der Waals surface area (Å²) >= 11 is 0. The summed E-state index contributed by atoms with van der Waals surface area (Å²) in [5, 5.41) is 9.21.